The molecule has 0 saturated carbocycles. The van der Waals surface area contributed by atoms with Crippen LogP contribution in [0.4, 0.5) is 0 Å². The molecule has 2 fully saturated rings. The van der Waals surface area contributed by atoms with Gasteiger partial charge in [0.2, 0.25) is 17.7 Å². The van der Waals surface area contributed by atoms with Gasteiger partial charge in [0, 0.05) is 19.0 Å². The van der Waals surface area contributed by atoms with Gasteiger partial charge in [-0.15, -0.1) is 0 Å². The van der Waals surface area contributed by atoms with Crippen LogP contribution in [0, 0.1) is 5.92 Å². The number of aliphatic hydroxyl groups excluding tert-OH is 1. The fourth-order valence-electron chi connectivity index (χ4n) is 6.00. The molecule has 3 amide bonds. The minimum atomic E-state index is -0.909. The molecular formula is C30H48N4O4. The Kier molecular flexibility index (Phi) is 11.2. The van der Waals surface area contributed by atoms with Crippen molar-refractivity contribution in [3.63, 3.8) is 0 Å². The molecule has 0 bridgehead atoms. The molecule has 2 saturated heterocycles. The number of benzene rings is 1. The van der Waals surface area contributed by atoms with Crippen LogP contribution in [0.1, 0.15) is 78.2 Å². The SMILES string of the molecule is CCCCNC(=O)[C@H](C)C[C@H](O)[C@H](Cc1ccccc1)NC(=O)[C@H](C)N1CC[C@@]2(CCCN2CCC)C1=O. The van der Waals surface area contributed by atoms with Crippen molar-refractivity contribution in [3.8, 4) is 0 Å². The number of unbranched alkanes of at least 4 members (excludes halogenated alkanes) is 1. The molecule has 212 valence electrons. The maximum Gasteiger partial charge on any atom is 0.243 e. The highest BCUT2D eigenvalue weighted by atomic mass is 16.3. The minimum absolute atomic E-state index is 0.0589. The van der Waals surface area contributed by atoms with Crippen LogP contribution in [-0.4, -0.2) is 82.5 Å². The van der Waals surface area contributed by atoms with Crippen LogP contribution in [0.25, 0.3) is 0 Å². The van der Waals surface area contributed by atoms with Crippen molar-refractivity contribution in [1.82, 2.24) is 20.4 Å². The van der Waals surface area contributed by atoms with E-state index in [9.17, 15) is 19.5 Å². The Morgan fingerprint density at radius 2 is 1.79 bits per heavy atom. The second-order valence-corrected chi connectivity index (χ2v) is 11.2. The van der Waals surface area contributed by atoms with Crippen LogP contribution in [-0.2, 0) is 20.8 Å². The Balaban J connectivity index is 1.68. The largest absolute Gasteiger partial charge is 0.391 e. The van der Waals surface area contributed by atoms with Crippen molar-refractivity contribution in [1.29, 1.82) is 0 Å². The number of amides is 3. The number of aliphatic hydroxyl groups is 1. The van der Waals surface area contributed by atoms with E-state index in [2.05, 4.69) is 29.4 Å². The van der Waals surface area contributed by atoms with Crippen molar-refractivity contribution >= 4 is 17.7 Å². The topological polar surface area (TPSA) is 102 Å². The second kappa shape index (κ2) is 14.1. The fourth-order valence-corrected chi connectivity index (χ4v) is 6.00. The molecule has 8 nitrogen and oxygen atoms in total. The highest BCUT2D eigenvalue weighted by Gasteiger charge is 2.54. The standard InChI is InChI=1S/C30H48N4O4/c1-5-7-16-31-27(36)22(3)20-26(35)25(21-24-12-9-8-10-13-24)32-28(37)23(4)34-19-15-30(29(34)38)14-11-18-33(30)17-6-2/h8-10,12-13,22-23,25-26,35H,5-7,11,14-21H2,1-4H3,(H,31,36)(H,32,37)/t22-,23+,25+,26+,30+/m1/s1. The van der Waals surface area contributed by atoms with Gasteiger partial charge < -0.3 is 20.6 Å². The van der Waals surface area contributed by atoms with E-state index in [-0.39, 0.29) is 30.1 Å². The first kappa shape index (κ1) is 30.1. The summed E-state index contributed by atoms with van der Waals surface area (Å²) in [4.78, 5) is 43.6. The third-order valence-corrected chi connectivity index (χ3v) is 8.35. The predicted molar refractivity (Wildman–Crippen MR) is 149 cm³/mol. The molecule has 0 unspecified atom stereocenters. The highest BCUT2D eigenvalue weighted by molar-refractivity contribution is 5.94. The quantitative estimate of drug-likeness (QED) is 0.322. The van der Waals surface area contributed by atoms with Crippen molar-refractivity contribution in [2.75, 3.05) is 26.2 Å². The molecule has 0 aromatic heterocycles. The lowest BCUT2D eigenvalue weighted by Crippen LogP contribution is -2.56. The van der Waals surface area contributed by atoms with E-state index in [1.54, 1.807) is 18.7 Å². The number of likely N-dealkylation sites (tertiary alicyclic amines) is 2. The Bertz CT molecular complexity index is 926. The molecule has 8 heteroatoms. The van der Waals surface area contributed by atoms with Crippen molar-refractivity contribution in [2.45, 2.75) is 103 Å². The molecule has 3 rings (SSSR count). The lowest BCUT2D eigenvalue weighted by molar-refractivity contribution is -0.143. The smallest absolute Gasteiger partial charge is 0.243 e. The summed E-state index contributed by atoms with van der Waals surface area (Å²) in [6.45, 7) is 10.8. The van der Waals surface area contributed by atoms with E-state index < -0.39 is 23.7 Å². The first-order valence-electron chi connectivity index (χ1n) is 14.6. The average Bonchev–Trinajstić information content (AvgIpc) is 3.47. The molecule has 5 atom stereocenters. The predicted octanol–water partition coefficient (Wildman–Crippen LogP) is 2.88. The van der Waals surface area contributed by atoms with Gasteiger partial charge in [-0.25, -0.2) is 0 Å². The summed E-state index contributed by atoms with van der Waals surface area (Å²) in [6.07, 6.45) is 5.29. The van der Waals surface area contributed by atoms with Crippen molar-refractivity contribution in [2.24, 2.45) is 5.92 Å². The molecule has 0 aliphatic carbocycles. The van der Waals surface area contributed by atoms with Gasteiger partial charge in [0.25, 0.3) is 0 Å². The van der Waals surface area contributed by atoms with Gasteiger partial charge in [-0.2, -0.15) is 0 Å². The average molecular weight is 529 g/mol. The van der Waals surface area contributed by atoms with Crippen LogP contribution in [0.3, 0.4) is 0 Å². The molecule has 1 spiro atoms. The number of hydrogen-bond donors (Lipinski definition) is 3. The maximum atomic E-state index is 13.6. The number of carbonyl (C=O) groups excluding carboxylic acids is 3. The van der Waals surface area contributed by atoms with Crippen LogP contribution in [0.15, 0.2) is 30.3 Å². The fraction of sp³-hybridized carbons (Fsp3) is 0.700. The first-order chi connectivity index (χ1) is 18.2. The van der Waals surface area contributed by atoms with Crippen molar-refractivity contribution in [3.05, 3.63) is 35.9 Å². The zero-order chi connectivity index (χ0) is 27.7. The molecule has 2 aliphatic rings. The van der Waals surface area contributed by atoms with Gasteiger partial charge in [-0.3, -0.25) is 19.3 Å². The number of nitrogens with zero attached hydrogens (tertiary/aromatic N) is 2. The van der Waals surface area contributed by atoms with E-state index in [1.165, 1.54) is 0 Å². The van der Waals surface area contributed by atoms with Crippen LogP contribution < -0.4 is 10.6 Å². The van der Waals surface area contributed by atoms with Gasteiger partial charge in [0.1, 0.15) is 11.6 Å². The first-order valence-corrected chi connectivity index (χ1v) is 14.6. The highest BCUT2D eigenvalue weighted by Crippen LogP contribution is 2.39. The molecule has 38 heavy (non-hydrogen) atoms. The number of nitrogens with one attached hydrogen (secondary N) is 2. The van der Waals surface area contributed by atoms with E-state index in [1.807, 2.05) is 30.3 Å². The molecule has 2 heterocycles. The molecular weight excluding hydrogens is 480 g/mol. The Morgan fingerprint density at radius 3 is 2.47 bits per heavy atom. The van der Waals surface area contributed by atoms with Gasteiger partial charge >= 0.3 is 0 Å². The molecule has 1 aromatic rings. The lowest BCUT2D eigenvalue weighted by Gasteiger charge is -2.34. The number of hydrogen-bond acceptors (Lipinski definition) is 5. The van der Waals surface area contributed by atoms with Crippen molar-refractivity contribution < 1.29 is 19.5 Å². The molecule has 0 radical (unpaired) electrons. The number of carbonyl (C=O) groups is 3. The normalized spacial score (nSPS) is 22.9. The van der Waals surface area contributed by atoms with E-state index in [4.69, 9.17) is 0 Å². The van der Waals surface area contributed by atoms with Gasteiger partial charge in [-0.1, -0.05) is 57.5 Å². The van der Waals surface area contributed by atoms with Gasteiger partial charge in [0.05, 0.1) is 12.1 Å². The van der Waals surface area contributed by atoms with Gasteiger partial charge in [0.15, 0.2) is 0 Å². The third kappa shape index (κ3) is 7.14. The zero-order valence-corrected chi connectivity index (χ0v) is 23.7. The van der Waals surface area contributed by atoms with Crippen LogP contribution in [0.2, 0.25) is 0 Å². The van der Waals surface area contributed by atoms with Crippen LogP contribution in [0.5, 0.6) is 0 Å². The summed E-state index contributed by atoms with van der Waals surface area (Å²) >= 11 is 0. The Morgan fingerprint density at radius 1 is 1.05 bits per heavy atom. The third-order valence-electron chi connectivity index (χ3n) is 8.35. The minimum Gasteiger partial charge on any atom is -0.391 e. The van der Waals surface area contributed by atoms with E-state index in [0.717, 1.165) is 57.2 Å². The van der Waals surface area contributed by atoms with Crippen LogP contribution >= 0.6 is 0 Å². The monoisotopic (exact) mass is 528 g/mol. The second-order valence-electron chi connectivity index (χ2n) is 11.2. The van der Waals surface area contributed by atoms with E-state index in [0.29, 0.717) is 19.5 Å². The summed E-state index contributed by atoms with van der Waals surface area (Å²) in [5, 5.41) is 17.2. The summed E-state index contributed by atoms with van der Waals surface area (Å²) in [5.41, 5.74) is 0.524. The Hall–Kier alpha value is -2.45. The number of rotatable bonds is 14. The summed E-state index contributed by atoms with van der Waals surface area (Å²) in [6, 6.07) is 8.51. The maximum absolute atomic E-state index is 13.6. The van der Waals surface area contributed by atoms with E-state index >= 15 is 0 Å². The summed E-state index contributed by atoms with van der Waals surface area (Å²) in [5.74, 6) is -0.683. The summed E-state index contributed by atoms with van der Waals surface area (Å²) in [7, 11) is 0. The van der Waals surface area contributed by atoms with Gasteiger partial charge in [-0.05, 0) is 70.5 Å². The molecule has 3 N–H and O–H groups in total. The lowest BCUT2D eigenvalue weighted by atomic mass is 9.93. The summed E-state index contributed by atoms with van der Waals surface area (Å²) < 4.78 is 0. The molecule has 1 aromatic carbocycles. The molecule has 2 aliphatic heterocycles. The zero-order valence-electron chi connectivity index (χ0n) is 23.7. The Labute approximate surface area is 228 Å².